The number of hydrogen-bond acceptors (Lipinski definition) is 9. The van der Waals surface area contributed by atoms with Gasteiger partial charge < -0.3 is 23.9 Å². The van der Waals surface area contributed by atoms with Crippen LogP contribution in [-0.4, -0.2) is 43.2 Å². The fraction of sp³-hybridized carbons (Fsp3) is 0.200. The number of aromatic nitrogens is 2. The summed E-state index contributed by atoms with van der Waals surface area (Å²) in [7, 11) is 4.53. The topological polar surface area (TPSA) is 120 Å². The van der Waals surface area contributed by atoms with Crippen LogP contribution in [0.15, 0.2) is 40.0 Å². The van der Waals surface area contributed by atoms with E-state index >= 15 is 0 Å². The van der Waals surface area contributed by atoms with Crippen LogP contribution in [0.25, 0.3) is 11.5 Å². The highest BCUT2D eigenvalue weighted by Crippen LogP contribution is 2.41. The van der Waals surface area contributed by atoms with E-state index in [0.29, 0.717) is 34.1 Å². The monoisotopic (exact) mass is 460 g/mol. The Labute approximate surface area is 187 Å². The number of hydrogen-bond donors (Lipinski definition) is 1. The van der Waals surface area contributed by atoms with Crippen molar-refractivity contribution in [2.24, 2.45) is 0 Å². The zero-order chi connectivity index (χ0) is 22.4. The molecule has 1 heterocycles. The molecule has 0 spiro atoms. The summed E-state index contributed by atoms with van der Waals surface area (Å²) in [6.07, 6.45) is 0. The summed E-state index contributed by atoms with van der Waals surface area (Å²) in [6.45, 7) is 0. The Hall–Kier alpha value is -3.42. The van der Waals surface area contributed by atoms with Gasteiger partial charge in [-0.2, -0.15) is 5.26 Å². The van der Waals surface area contributed by atoms with E-state index in [0.717, 1.165) is 11.8 Å². The van der Waals surface area contributed by atoms with Crippen molar-refractivity contribution in [1.82, 2.24) is 10.2 Å². The van der Waals surface area contributed by atoms with Crippen molar-refractivity contribution in [2.75, 3.05) is 32.4 Å². The largest absolute Gasteiger partial charge is 0.493 e. The zero-order valence-corrected chi connectivity index (χ0v) is 18.3. The average molecular weight is 461 g/mol. The van der Waals surface area contributed by atoms with Crippen LogP contribution in [0, 0.1) is 11.3 Å². The third-order valence-electron chi connectivity index (χ3n) is 4.02. The number of nitrogens with zero attached hydrogens (tertiary/aromatic N) is 3. The van der Waals surface area contributed by atoms with Gasteiger partial charge >= 0.3 is 0 Å². The van der Waals surface area contributed by atoms with Gasteiger partial charge in [-0.15, -0.1) is 10.2 Å². The number of anilines is 1. The van der Waals surface area contributed by atoms with Gasteiger partial charge in [-0.3, -0.25) is 4.79 Å². The van der Waals surface area contributed by atoms with Crippen molar-refractivity contribution in [2.45, 2.75) is 5.22 Å². The van der Waals surface area contributed by atoms with E-state index in [2.05, 4.69) is 15.5 Å². The summed E-state index contributed by atoms with van der Waals surface area (Å²) >= 11 is 7.05. The lowest BCUT2D eigenvalue weighted by Crippen LogP contribution is -2.14. The lowest BCUT2D eigenvalue weighted by atomic mass is 10.2. The molecule has 0 saturated heterocycles. The molecule has 0 radical (unpaired) electrons. The standard InChI is InChI=1S/C20H17ClN4O5S/c1-27-15-6-12(7-16(28-2)18(15)29-3)19-24-25-20(30-19)31-10-17(26)23-13-5-4-11(9-22)14(21)8-13/h4-8H,10H2,1-3H3,(H,23,26). The van der Waals surface area contributed by atoms with Gasteiger partial charge in [0.25, 0.3) is 5.22 Å². The minimum absolute atomic E-state index is 0.0362. The number of thioether (sulfide) groups is 1. The molecule has 0 saturated carbocycles. The van der Waals surface area contributed by atoms with Gasteiger partial charge in [0.15, 0.2) is 11.5 Å². The van der Waals surface area contributed by atoms with E-state index in [-0.39, 0.29) is 27.8 Å². The molecule has 0 aliphatic carbocycles. The molecule has 0 atom stereocenters. The molecule has 0 bridgehead atoms. The van der Waals surface area contributed by atoms with Crippen LogP contribution in [0.3, 0.4) is 0 Å². The number of rotatable bonds is 8. The summed E-state index contributed by atoms with van der Waals surface area (Å²) in [5, 5.41) is 20.1. The highest BCUT2D eigenvalue weighted by molar-refractivity contribution is 7.99. The van der Waals surface area contributed by atoms with E-state index in [1.807, 2.05) is 6.07 Å². The molecular weight excluding hydrogens is 444 g/mol. The molecule has 3 aromatic rings. The van der Waals surface area contributed by atoms with E-state index in [1.165, 1.54) is 33.5 Å². The van der Waals surface area contributed by atoms with E-state index < -0.39 is 0 Å². The quantitative estimate of drug-likeness (QED) is 0.497. The van der Waals surface area contributed by atoms with Gasteiger partial charge in [0.2, 0.25) is 17.5 Å². The minimum atomic E-state index is -0.293. The maximum Gasteiger partial charge on any atom is 0.277 e. The third kappa shape index (κ3) is 5.20. The Morgan fingerprint density at radius 2 is 1.87 bits per heavy atom. The maximum atomic E-state index is 12.2. The molecule has 11 heteroatoms. The molecule has 1 amide bonds. The van der Waals surface area contributed by atoms with Crippen molar-refractivity contribution in [3.63, 3.8) is 0 Å². The van der Waals surface area contributed by atoms with E-state index in [4.69, 9.17) is 35.5 Å². The lowest BCUT2D eigenvalue weighted by molar-refractivity contribution is -0.113. The molecular formula is C20H17ClN4O5S. The van der Waals surface area contributed by atoms with Crippen molar-refractivity contribution in [3.8, 4) is 34.8 Å². The Morgan fingerprint density at radius 1 is 1.16 bits per heavy atom. The Kier molecular flexibility index (Phi) is 7.23. The van der Waals surface area contributed by atoms with Crippen molar-refractivity contribution >= 4 is 35.0 Å². The molecule has 1 aromatic heterocycles. The van der Waals surface area contributed by atoms with E-state index in [9.17, 15) is 4.79 Å². The lowest BCUT2D eigenvalue weighted by Gasteiger charge is -2.12. The zero-order valence-electron chi connectivity index (χ0n) is 16.8. The summed E-state index contributed by atoms with van der Waals surface area (Å²) in [5.74, 6) is 1.32. The van der Waals surface area contributed by atoms with Crippen LogP contribution in [0.5, 0.6) is 17.2 Å². The first-order valence-electron chi connectivity index (χ1n) is 8.75. The van der Waals surface area contributed by atoms with Gasteiger partial charge in [-0.25, -0.2) is 0 Å². The third-order valence-corrected chi connectivity index (χ3v) is 5.15. The fourth-order valence-corrected chi connectivity index (χ4v) is 3.38. The van der Waals surface area contributed by atoms with Gasteiger partial charge in [0.1, 0.15) is 6.07 Å². The molecule has 0 fully saturated rings. The molecule has 0 aliphatic rings. The van der Waals surface area contributed by atoms with Crippen LogP contribution >= 0.6 is 23.4 Å². The maximum absolute atomic E-state index is 12.2. The van der Waals surface area contributed by atoms with Crippen LogP contribution in [0.1, 0.15) is 5.56 Å². The van der Waals surface area contributed by atoms with Gasteiger partial charge in [0.05, 0.1) is 37.7 Å². The number of benzene rings is 2. The molecule has 1 N–H and O–H groups in total. The highest BCUT2D eigenvalue weighted by atomic mass is 35.5. The van der Waals surface area contributed by atoms with Gasteiger partial charge in [-0.1, -0.05) is 23.4 Å². The summed E-state index contributed by atoms with van der Waals surface area (Å²) in [5.41, 5.74) is 1.39. The normalized spacial score (nSPS) is 10.3. The number of carbonyl (C=O) groups is 1. The number of halogens is 1. The first-order valence-corrected chi connectivity index (χ1v) is 10.1. The molecule has 0 aliphatic heterocycles. The summed E-state index contributed by atoms with van der Waals surface area (Å²) in [4.78, 5) is 12.2. The number of amides is 1. The van der Waals surface area contributed by atoms with E-state index in [1.54, 1.807) is 18.2 Å². The Balaban J connectivity index is 1.67. The van der Waals surface area contributed by atoms with Crippen molar-refractivity contribution in [1.29, 1.82) is 5.26 Å². The van der Waals surface area contributed by atoms with Crippen molar-refractivity contribution < 1.29 is 23.4 Å². The van der Waals surface area contributed by atoms with Gasteiger partial charge in [-0.05, 0) is 30.3 Å². The molecule has 2 aromatic carbocycles. The van der Waals surface area contributed by atoms with Crippen molar-refractivity contribution in [3.05, 3.63) is 40.9 Å². The Bertz CT molecular complexity index is 1120. The molecule has 3 rings (SSSR count). The van der Waals surface area contributed by atoms with Crippen LogP contribution in [-0.2, 0) is 4.79 Å². The molecule has 160 valence electrons. The molecule has 31 heavy (non-hydrogen) atoms. The molecule has 0 unspecified atom stereocenters. The molecule has 9 nitrogen and oxygen atoms in total. The summed E-state index contributed by atoms with van der Waals surface area (Å²) < 4.78 is 21.6. The van der Waals surface area contributed by atoms with Crippen LogP contribution in [0.2, 0.25) is 5.02 Å². The predicted octanol–water partition coefficient (Wildman–Crippen LogP) is 4.02. The number of carbonyl (C=O) groups excluding carboxylic acids is 1. The SMILES string of the molecule is COc1cc(-c2nnc(SCC(=O)Nc3ccc(C#N)c(Cl)c3)o2)cc(OC)c1OC. The average Bonchev–Trinajstić information content (AvgIpc) is 3.26. The second-order valence-corrected chi connectivity index (χ2v) is 7.26. The van der Waals surface area contributed by atoms with Crippen LogP contribution in [0.4, 0.5) is 5.69 Å². The minimum Gasteiger partial charge on any atom is -0.493 e. The number of nitriles is 1. The summed E-state index contributed by atoms with van der Waals surface area (Å²) in [6, 6.07) is 9.98. The number of methoxy groups -OCH3 is 3. The predicted molar refractivity (Wildman–Crippen MR) is 115 cm³/mol. The number of ether oxygens (including phenoxy) is 3. The smallest absolute Gasteiger partial charge is 0.277 e. The second kappa shape index (κ2) is 10.1. The highest BCUT2D eigenvalue weighted by Gasteiger charge is 2.18. The second-order valence-electron chi connectivity index (χ2n) is 5.93. The first-order chi connectivity index (χ1) is 15.0. The Morgan fingerprint density at radius 3 is 2.45 bits per heavy atom. The number of nitrogens with one attached hydrogen (secondary N) is 1. The van der Waals surface area contributed by atoms with Gasteiger partial charge in [0, 0.05) is 11.3 Å². The van der Waals surface area contributed by atoms with Crippen LogP contribution < -0.4 is 19.5 Å². The fourth-order valence-electron chi connectivity index (χ4n) is 2.60. The first kappa shape index (κ1) is 22.3.